The minimum atomic E-state index is -0.0150. The monoisotopic (exact) mass is 254 g/mol. The van der Waals surface area contributed by atoms with Crippen LogP contribution in [0, 0.1) is 5.92 Å². The van der Waals surface area contributed by atoms with Crippen LogP contribution >= 0.6 is 0 Å². The van der Waals surface area contributed by atoms with Gasteiger partial charge in [-0.25, -0.2) is 4.98 Å². The second-order valence-electron chi connectivity index (χ2n) is 5.19. The highest BCUT2D eigenvalue weighted by Crippen LogP contribution is 2.34. The third-order valence-electron chi connectivity index (χ3n) is 3.58. The van der Waals surface area contributed by atoms with E-state index >= 15 is 0 Å². The molecule has 1 aliphatic rings. The predicted molar refractivity (Wildman–Crippen MR) is 76.5 cm³/mol. The lowest BCUT2D eigenvalue weighted by Crippen LogP contribution is -2.31. The quantitative estimate of drug-likeness (QED) is 0.895. The number of aliphatic hydroxyl groups is 1. The van der Waals surface area contributed by atoms with Gasteiger partial charge in [0.05, 0.1) is 12.3 Å². The molecule has 98 valence electrons. The van der Waals surface area contributed by atoms with Crippen molar-refractivity contribution >= 4 is 11.5 Å². The molecule has 0 amide bonds. The van der Waals surface area contributed by atoms with Gasteiger partial charge in [-0.15, -0.1) is 0 Å². The Labute approximate surface area is 113 Å². The number of benzene rings is 1. The molecule has 0 saturated heterocycles. The van der Waals surface area contributed by atoms with Crippen molar-refractivity contribution in [3.8, 4) is 0 Å². The SMILES string of the molecule is CC1Cc2ccccc2N(c2cccc(CO)n2)C1. The molecule has 1 aromatic heterocycles. The van der Waals surface area contributed by atoms with Gasteiger partial charge in [-0.3, -0.25) is 0 Å². The van der Waals surface area contributed by atoms with Gasteiger partial charge >= 0.3 is 0 Å². The number of hydrogen-bond acceptors (Lipinski definition) is 3. The summed E-state index contributed by atoms with van der Waals surface area (Å²) < 4.78 is 0. The molecule has 1 unspecified atom stereocenters. The molecule has 3 nitrogen and oxygen atoms in total. The van der Waals surface area contributed by atoms with Crippen LogP contribution in [0.1, 0.15) is 18.2 Å². The van der Waals surface area contributed by atoms with E-state index in [-0.39, 0.29) is 6.61 Å². The predicted octanol–water partition coefficient (Wildman–Crippen LogP) is 2.90. The van der Waals surface area contributed by atoms with Gasteiger partial charge in [-0.05, 0) is 36.1 Å². The first-order chi connectivity index (χ1) is 9.28. The fraction of sp³-hybridized carbons (Fsp3) is 0.312. The minimum Gasteiger partial charge on any atom is -0.390 e. The van der Waals surface area contributed by atoms with Gasteiger partial charge in [0.25, 0.3) is 0 Å². The van der Waals surface area contributed by atoms with E-state index < -0.39 is 0 Å². The Hall–Kier alpha value is -1.87. The largest absolute Gasteiger partial charge is 0.390 e. The van der Waals surface area contributed by atoms with Gasteiger partial charge in [-0.2, -0.15) is 0 Å². The van der Waals surface area contributed by atoms with Crippen LogP contribution in [0.5, 0.6) is 0 Å². The summed E-state index contributed by atoms with van der Waals surface area (Å²) in [5.41, 5.74) is 3.33. The Morgan fingerprint density at radius 2 is 2.05 bits per heavy atom. The lowest BCUT2D eigenvalue weighted by molar-refractivity contribution is 0.277. The molecule has 3 heteroatoms. The molecule has 1 atom stereocenters. The maximum Gasteiger partial charge on any atom is 0.133 e. The third-order valence-corrected chi connectivity index (χ3v) is 3.58. The van der Waals surface area contributed by atoms with Gasteiger partial charge in [-0.1, -0.05) is 31.2 Å². The number of hydrogen-bond donors (Lipinski definition) is 1. The molecule has 0 radical (unpaired) electrons. The molecule has 2 heterocycles. The van der Waals surface area contributed by atoms with Gasteiger partial charge in [0.15, 0.2) is 0 Å². The molecular weight excluding hydrogens is 236 g/mol. The smallest absolute Gasteiger partial charge is 0.133 e. The molecule has 1 aromatic carbocycles. The Kier molecular flexibility index (Phi) is 3.22. The number of fused-ring (bicyclic) bond motifs is 1. The molecule has 2 aromatic rings. The second-order valence-corrected chi connectivity index (χ2v) is 5.19. The van der Waals surface area contributed by atoms with Crippen molar-refractivity contribution in [3.05, 3.63) is 53.7 Å². The first-order valence-electron chi connectivity index (χ1n) is 6.70. The van der Waals surface area contributed by atoms with E-state index in [0.717, 1.165) is 18.8 Å². The van der Waals surface area contributed by atoms with E-state index in [2.05, 4.69) is 41.1 Å². The summed E-state index contributed by atoms with van der Waals surface area (Å²) in [5.74, 6) is 1.53. The van der Waals surface area contributed by atoms with E-state index in [4.69, 9.17) is 0 Å². The maximum atomic E-state index is 9.23. The molecule has 0 aliphatic carbocycles. The molecular formula is C16H18N2O. The molecule has 1 N–H and O–H groups in total. The lowest BCUT2D eigenvalue weighted by Gasteiger charge is -2.34. The number of aliphatic hydroxyl groups excluding tert-OH is 1. The van der Waals surface area contributed by atoms with E-state index in [1.165, 1.54) is 11.3 Å². The topological polar surface area (TPSA) is 36.4 Å². The van der Waals surface area contributed by atoms with Gasteiger partial charge in [0.1, 0.15) is 5.82 Å². The highest BCUT2D eigenvalue weighted by molar-refractivity contribution is 5.65. The van der Waals surface area contributed by atoms with Crippen LogP contribution in [-0.2, 0) is 13.0 Å². The maximum absolute atomic E-state index is 9.23. The molecule has 0 fully saturated rings. The number of aromatic nitrogens is 1. The van der Waals surface area contributed by atoms with Crippen molar-refractivity contribution in [2.75, 3.05) is 11.4 Å². The summed E-state index contributed by atoms with van der Waals surface area (Å²) in [4.78, 5) is 6.78. The van der Waals surface area contributed by atoms with E-state index in [9.17, 15) is 5.11 Å². The highest BCUT2D eigenvalue weighted by atomic mass is 16.3. The van der Waals surface area contributed by atoms with E-state index in [1.807, 2.05) is 18.2 Å². The van der Waals surface area contributed by atoms with Gasteiger partial charge in [0.2, 0.25) is 0 Å². The average Bonchev–Trinajstić information content (AvgIpc) is 2.46. The van der Waals surface area contributed by atoms with Gasteiger partial charge < -0.3 is 10.0 Å². The third kappa shape index (κ3) is 2.34. The van der Waals surface area contributed by atoms with Crippen LogP contribution in [0.4, 0.5) is 11.5 Å². The van der Waals surface area contributed by atoms with Crippen LogP contribution in [0.15, 0.2) is 42.5 Å². The van der Waals surface area contributed by atoms with Crippen molar-refractivity contribution in [2.24, 2.45) is 5.92 Å². The van der Waals surface area contributed by atoms with Crippen LogP contribution in [0.3, 0.4) is 0 Å². The standard InChI is InChI=1S/C16H18N2O/c1-12-9-13-5-2-3-7-15(13)18(10-12)16-8-4-6-14(11-19)17-16/h2-8,12,19H,9-11H2,1H3. The Bertz CT molecular complexity index is 582. The van der Waals surface area contributed by atoms with Crippen LogP contribution < -0.4 is 4.90 Å². The number of para-hydroxylation sites is 1. The summed E-state index contributed by atoms with van der Waals surface area (Å²) in [5, 5.41) is 9.23. The number of pyridine rings is 1. The van der Waals surface area contributed by atoms with Crippen LogP contribution in [0.2, 0.25) is 0 Å². The van der Waals surface area contributed by atoms with Crippen molar-refractivity contribution in [2.45, 2.75) is 20.0 Å². The first-order valence-corrected chi connectivity index (χ1v) is 6.70. The normalized spacial score (nSPS) is 18.2. The zero-order chi connectivity index (χ0) is 13.2. The molecule has 0 bridgehead atoms. The molecule has 3 rings (SSSR count). The van der Waals surface area contributed by atoms with E-state index in [1.54, 1.807) is 0 Å². The number of rotatable bonds is 2. The van der Waals surface area contributed by atoms with Crippen molar-refractivity contribution in [3.63, 3.8) is 0 Å². The molecule has 0 spiro atoms. The Morgan fingerprint density at radius 3 is 2.89 bits per heavy atom. The Morgan fingerprint density at radius 1 is 1.21 bits per heavy atom. The van der Waals surface area contributed by atoms with E-state index in [0.29, 0.717) is 11.6 Å². The Balaban J connectivity index is 2.04. The molecule has 19 heavy (non-hydrogen) atoms. The summed E-state index contributed by atoms with van der Waals surface area (Å²) in [6.07, 6.45) is 1.12. The molecule has 1 aliphatic heterocycles. The van der Waals surface area contributed by atoms with Crippen molar-refractivity contribution in [1.29, 1.82) is 0 Å². The summed E-state index contributed by atoms with van der Waals surface area (Å²) in [6, 6.07) is 14.3. The minimum absolute atomic E-state index is 0.0150. The zero-order valence-electron chi connectivity index (χ0n) is 11.1. The fourth-order valence-electron chi connectivity index (χ4n) is 2.72. The van der Waals surface area contributed by atoms with Crippen LogP contribution in [-0.4, -0.2) is 16.6 Å². The summed E-state index contributed by atoms with van der Waals surface area (Å²) >= 11 is 0. The summed E-state index contributed by atoms with van der Waals surface area (Å²) in [6.45, 7) is 3.22. The average molecular weight is 254 g/mol. The summed E-state index contributed by atoms with van der Waals surface area (Å²) in [7, 11) is 0. The first kappa shape index (κ1) is 12.2. The second kappa shape index (κ2) is 5.02. The molecule has 0 saturated carbocycles. The zero-order valence-corrected chi connectivity index (χ0v) is 11.1. The highest BCUT2D eigenvalue weighted by Gasteiger charge is 2.23. The fourth-order valence-corrected chi connectivity index (χ4v) is 2.72. The van der Waals surface area contributed by atoms with Gasteiger partial charge in [0, 0.05) is 12.2 Å². The lowest BCUT2D eigenvalue weighted by atomic mass is 9.94. The number of anilines is 2. The van der Waals surface area contributed by atoms with Crippen molar-refractivity contribution < 1.29 is 5.11 Å². The number of nitrogens with zero attached hydrogens (tertiary/aromatic N) is 2. The van der Waals surface area contributed by atoms with Crippen molar-refractivity contribution in [1.82, 2.24) is 4.98 Å². The van der Waals surface area contributed by atoms with Crippen LogP contribution in [0.25, 0.3) is 0 Å².